The molecule has 24 heavy (non-hydrogen) atoms. The smallest absolute Gasteiger partial charge is 0.340 e. The SMILES string of the molecule is CCOC(=O)c1c(C)n(-c2ccc(I)cc2)c2ccc(OC)cc12. The zero-order valence-electron chi connectivity index (χ0n) is 13.8. The Morgan fingerprint density at radius 1 is 1.17 bits per heavy atom. The van der Waals surface area contributed by atoms with Crippen LogP contribution in [0, 0.1) is 10.5 Å². The lowest BCUT2D eigenvalue weighted by molar-refractivity contribution is 0.0527. The van der Waals surface area contributed by atoms with Gasteiger partial charge in [-0.15, -0.1) is 0 Å². The van der Waals surface area contributed by atoms with Crippen molar-refractivity contribution < 1.29 is 14.3 Å². The standard InChI is InChI=1S/C19H18INO3/c1-4-24-19(22)18-12(2)21(14-7-5-13(20)6-8-14)17-10-9-15(23-3)11-16(17)18/h5-11H,4H2,1-3H3. The second-order valence-corrected chi connectivity index (χ2v) is 6.62. The zero-order chi connectivity index (χ0) is 17.3. The minimum atomic E-state index is -0.308. The summed E-state index contributed by atoms with van der Waals surface area (Å²) in [5, 5.41) is 0.837. The molecule has 0 atom stereocenters. The molecule has 3 rings (SSSR count). The fourth-order valence-corrected chi connectivity index (χ4v) is 3.27. The van der Waals surface area contributed by atoms with Gasteiger partial charge in [0.1, 0.15) is 5.75 Å². The first-order chi connectivity index (χ1) is 11.6. The lowest BCUT2D eigenvalue weighted by atomic mass is 10.1. The number of rotatable bonds is 4. The number of carbonyl (C=O) groups is 1. The Balaban J connectivity index is 2.31. The molecule has 124 valence electrons. The number of hydrogen-bond acceptors (Lipinski definition) is 3. The van der Waals surface area contributed by atoms with Gasteiger partial charge in [-0.05, 0) is 78.9 Å². The van der Waals surface area contributed by atoms with Gasteiger partial charge in [-0.2, -0.15) is 0 Å². The molecule has 0 aliphatic rings. The molecule has 0 N–H and O–H groups in total. The highest BCUT2D eigenvalue weighted by molar-refractivity contribution is 14.1. The Morgan fingerprint density at radius 2 is 1.88 bits per heavy atom. The zero-order valence-corrected chi connectivity index (χ0v) is 16.0. The van der Waals surface area contributed by atoms with Gasteiger partial charge < -0.3 is 14.0 Å². The summed E-state index contributed by atoms with van der Waals surface area (Å²) in [6.07, 6.45) is 0. The number of halogens is 1. The molecule has 0 fully saturated rings. The summed E-state index contributed by atoms with van der Waals surface area (Å²) in [5.74, 6) is 0.408. The number of hydrogen-bond donors (Lipinski definition) is 0. The molecule has 0 radical (unpaired) electrons. The number of nitrogens with zero attached hydrogens (tertiary/aromatic N) is 1. The van der Waals surface area contributed by atoms with Crippen molar-refractivity contribution in [3.05, 3.63) is 57.3 Å². The second kappa shape index (κ2) is 6.84. The summed E-state index contributed by atoms with van der Waals surface area (Å²) >= 11 is 2.28. The maximum Gasteiger partial charge on any atom is 0.340 e. The van der Waals surface area contributed by atoms with E-state index in [9.17, 15) is 4.79 Å². The van der Waals surface area contributed by atoms with E-state index in [1.165, 1.54) is 0 Å². The number of methoxy groups -OCH3 is 1. The predicted molar refractivity (Wildman–Crippen MR) is 103 cm³/mol. The van der Waals surface area contributed by atoms with E-state index in [0.717, 1.165) is 25.9 Å². The molecule has 2 aromatic carbocycles. The van der Waals surface area contributed by atoms with Gasteiger partial charge in [-0.25, -0.2) is 4.79 Å². The largest absolute Gasteiger partial charge is 0.497 e. The molecule has 0 saturated heterocycles. The van der Waals surface area contributed by atoms with Crippen molar-refractivity contribution in [2.24, 2.45) is 0 Å². The van der Waals surface area contributed by atoms with E-state index in [-0.39, 0.29) is 5.97 Å². The van der Waals surface area contributed by atoms with Crippen molar-refractivity contribution in [3.63, 3.8) is 0 Å². The van der Waals surface area contributed by atoms with Crippen LogP contribution in [-0.2, 0) is 4.74 Å². The third kappa shape index (κ3) is 2.88. The predicted octanol–water partition coefficient (Wildman–Crippen LogP) is 4.73. The van der Waals surface area contributed by atoms with Crippen molar-refractivity contribution in [3.8, 4) is 11.4 Å². The van der Waals surface area contributed by atoms with Crippen molar-refractivity contribution in [1.29, 1.82) is 0 Å². The van der Waals surface area contributed by atoms with E-state index in [1.54, 1.807) is 7.11 Å². The maximum absolute atomic E-state index is 12.5. The number of esters is 1. The van der Waals surface area contributed by atoms with Crippen LogP contribution in [0.25, 0.3) is 16.6 Å². The van der Waals surface area contributed by atoms with Gasteiger partial charge in [-0.3, -0.25) is 0 Å². The second-order valence-electron chi connectivity index (χ2n) is 5.38. The van der Waals surface area contributed by atoms with Crippen LogP contribution in [0.3, 0.4) is 0 Å². The molecule has 4 nitrogen and oxygen atoms in total. The van der Waals surface area contributed by atoms with Gasteiger partial charge in [0.25, 0.3) is 0 Å². The summed E-state index contributed by atoms with van der Waals surface area (Å²) < 4.78 is 13.8. The molecule has 0 saturated carbocycles. The molecular weight excluding hydrogens is 417 g/mol. The van der Waals surface area contributed by atoms with E-state index in [1.807, 2.05) is 44.2 Å². The fraction of sp³-hybridized carbons (Fsp3) is 0.211. The van der Waals surface area contributed by atoms with Crippen molar-refractivity contribution in [2.75, 3.05) is 13.7 Å². The lowest BCUT2D eigenvalue weighted by Gasteiger charge is -2.09. The lowest BCUT2D eigenvalue weighted by Crippen LogP contribution is -2.07. The first-order valence-corrected chi connectivity index (χ1v) is 8.76. The molecule has 5 heteroatoms. The highest BCUT2D eigenvalue weighted by Gasteiger charge is 2.22. The van der Waals surface area contributed by atoms with Crippen LogP contribution in [-0.4, -0.2) is 24.3 Å². The minimum absolute atomic E-state index is 0.308. The fourth-order valence-electron chi connectivity index (χ4n) is 2.91. The Hall–Kier alpha value is -2.02. The van der Waals surface area contributed by atoms with Gasteiger partial charge >= 0.3 is 5.97 Å². The minimum Gasteiger partial charge on any atom is -0.497 e. The molecule has 0 spiro atoms. The number of benzene rings is 2. The summed E-state index contributed by atoms with van der Waals surface area (Å²) in [5.41, 5.74) is 3.42. The third-order valence-electron chi connectivity index (χ3n) is 3.98. The quantitative estimate of drug-likeness (QED) is 0.440. The van der Waals surface area contributed by atoms with Crippen molar-refractivity contribution >= 4 is 39.5 Å². The summed E-state index contributed by atoms with van der Waals surface area (Å²) in [4.78, 5) is 12.5. The topological polar surface area (TPSA) is 40.5 Å². The monoisotopic (exact) mass is 435 g/mol. The molecule has 3 aromatic rings. The first-order valence-electron chi connectivity index (χ1n) is 7.69. The molecule has 1 aromatic heterocycles. The van der Waals surface area contributed by atoms with Crippen LogP contribution in [0.1, 0.15) is 23.0 Å². The van der Waals surface area contributed by atoms with Gasteiger partial charge in [0.2, 0.25) is 0 Å². The van der Waals surface area contributed by atoms with Crippen LogP contribution in [0.2, 0.25) is 0 Å². The Kier molecular flexibility index (Phi) is 4.80. The average Bonchev–Trinajstić information content (AvgIpc) is 2.87. The van der Waals surface area contributed by atoms with Crippen LogP contribution in [0.4, 0.5) is 0 Å². The van der Waals surface area contributed by atoms with Gasteiger partial charge in [0.15, 0.2) is 0 Å². The normalized spacial score (nSPS) is 10.8. The maximum atomic E-state index is 12.5. The van der Waals surface area contributed by atoms with Gasteiger partial charge in [0, 0.05) is 20.3 Å². The van der Waals surface area contributed by atoms with E-state index in [0.29, 0.717) is 17.9 Å². The van der Waals surface area contributed by atoms with Crippen molar-refractivity contribution in [2.45, 2.75) is 13.8 Å². The Morgan fingerprint density at radius 3 is 2.50 bits per heavy atom. The summed E-state index contributed by atoms with van der Waals surface area (Å²) in [6, 6.07) is 14.0. The Bertz CT molecular complexity index is 897. The van der Waals surface area contributed by atoms with Gasteiger partial charge in [0.05, 0.1) is 24.8 Å². The molecule has 0 aliphatic heterocycles. The van der Waals surface area contributed by atoms with Crippen LogP contribution in [0.5, 0.6) is 5.75 Å². The average molecular weight is 435 g/mol. The summed E-state index contributed by atoms with van der Waals surface area (Å²) in [6.45, 7) is 4.10. The number of ether oxygens (including phenoxy) is 2. The highest BCUT2D eigenvalue weighted by atomic mass is 127. The first kappa shape index (κ1) is 16.8. The number of fused-ring (bicyclic) bond motifs is 1. The van der Waals surface area contributed by atoms with E-state index >= 15 is 0 Å². The van der Waals surface area contributed by atoms with Gasteiger partial charge in [-0.1, -0.05) is 0 Å². The number of carbonyl (C=O) groups excluding carboxylic acids is 1. The van der Waals surface area contributed by atoms with E-state index < -0.39 is 0 Å². The molecule has 0 bridgehead atoms. The summed E-state index contributed by atoms with van der Waals surface area (Å²) in [7, 11) is 1.62. The molecule has 0 aliphatic carbocycles. The van der Waals surface area contributed by atoms with Crippen molar-refractivity contribution in [1.82, 2.24) is 4.57 Å². The third-order valence-corrected chi connectivity index (χ3v) is 4.69. The highest BCUT2D eigenvalue weighted by Crippen LogP contribution is 2.32. The van der Waals surface area contributed by atoms with Crippen LogP contribution in [0.15, 0.2) is 42.5 Å². The molecule has 1 heterocycles. The van der Waals surface area contributed by atoms with Crippen LogP contribution < -0.4 is 4.74 Å². The molecule has 0 unspecified atom stereocenters. The molecular formula is C19H18INO3. The van der Waals surface area contributed by atoms with E-state index in [4.69, 9.17) is 9.47 Å². The number of aromatic nitrogens is 1. The molecule has 0 amide bonds. The Labute approximate surface area is 154 Å². The van der Waals surface area contributed by atoms with E-state index in [2.05, 4.69) is 39.3 Å². The van der Waals surface area contributed by atoms with Crippen LogP contribution >= 0.6 is 22.6 Å².